The molecule has 27 heavy (non-hydrogen) atoms. The van der Waals surface area contributed by atoms with E-state index < -0.39 is 0 Å². The topological polar surface area (TPSA) is 50.8 Å². The fraction of sp³-hybridized carbons (Fsp3) is 0.409. The molecular weight excluding hydrogens is 340 g/mol. The molecule has 0 radical (unpaired) electrons. The summed E-state index contributed by atoms with van der Waals surface area (Å²) in [7, 11) is 2.14. The lowest BCUT2D eigenvalue weighted by molar-refractivity contribution is 0.102. The maximum Gasteiger partial charge on any atom is 0.255 e. The number of amides is 1. The number of benzene rings is 2. The molecule has 0 spiro atoms. The predicted molar refractivity (Wildman–Crippen MR) is 108 cm³/mol. The number of ether oxygens (including phenoxy) is 2. The van der Waals surface area contributed by atoms with Crippen molar-refractivity contribution in [3.05, 3.63) is 53.6 Å². The normalized spacial score (nSPS) is 15.4. The van der Waals surface area contributed by atoms with Crippen LogP contribution in [0.1, 0.15) is 35.7 Å². The van der Waals surface area contributed by atoms with Gasteiger partial charge in [0.05, 0.1) is 6.61 Å². The van der Waals surface area contributed by atoms with Crippen LogP contribution in [0.4, 0.5) is 5.69 Å². The molecule has 0 aliphatic carbocycles. The van der Waals surface area contributed by atoms with Gasteiger partial charge in [0.1, 0.15) is 17.6 Å². The van der Waals surface area contributed by atoms with Crippen LogP contribution in [0.15, 0.2) is 42.5 Å². The van der Waals surface area contributed by atoms with Crippen LogP contribution in [0.25, 0.3) is 0 Å². The minimum atomic E-state index is -0.134. The molecule has 1 N–H and O–H groups in total. The maximum atomic E-state index is 12.5. The lowest BCUT2D eigenvalue weighted by Gasteiger charge is -2.29. The Hall–Kier alpha value is -2.53. The van der Waals surface area contributed by atoms with Crippen molar-refractivity contribution < 1.29 is 14.3 Å². The van der Waals surface area contributed by atoms with Gasteiger partial charge in [-0.1, -0.05) is 0 Å². The van der Waals surface area contributed by atoms with Gasteiger partial charge < -0.3 is 19.7 Å². The summed E-state index contributed by atoms with van der Waals surface area (Å²) in [5.74, 6) is 1.52. The van der Waals surface area contributed by atoms with Crippen LogP contribution in [0, 0.1) is 6.92 Å². The summed E-state index contributed by atoms with van der Waals surface area (Å²) in [6, 6.07) is 13.1. The molecule has 2 aromatic carbocycles. The minimum Gasteiger partial charge on any atom is -0.494 e. The minimum absolute atomic E-state index is 0.134. The van der Waals surface area contributed by atoms with Gasteiger partial charge in [-0.3, -0.25) is 4.79 Å². The molecule has 5 heteroatoms. The molecule has 0 saturated carbocycles. The van der Waals surface area contributed by atoms with Crippen LogP contribution >= 0.6 is 0 Å². The average Bonchev–Trinajstić information content (AvgIpc) is 2.67. The quantitative estimate of drug-likeness (QED) is 0.833. The number of nitrogens with one attached hydrogen (secondary N) is 1. The fourth-order valence-electron chi connectivity index (χ4n) is 3.22. The molecule has 1 amide bonds. The molecule has 1 saturated heterocycles. The molecule has 1 aliphatic heterocycles. The van der Waals surface area contributed by atoms with Crippen molar-refractivity contribution in [2.45, 2.75) is 32.8 Å². The molecule has 1 aliphatic rings. The van der Waals surface area contributed by atoms with Crippen LogP contribution in [0.3, 0.4) is 0 Å². The van der Waals surface area contributed by atoms with E-state index in [0.29, 0.717) is 12.2 Å². The van der Waals surface area contributed by atoms with Gasteiger partial charge in [0.25, 0.3) is 5.91 Å². The van der Waals surface area contributed by atoms with Gasteiger partial charge in [-0.25, -0.2) is 0 Å². The molecule has 0 unspecified atom stereocenters. The third-order valence-electron chi connectivity index (χ3n) is 4.82. The summed E-state index contributed by atoms with van der Waals surface area (Å²) >= 11 is 0. The second-order valence-corrected chi connectivity index (χ2v) is 7.01. The van der Waals surface area contributed by atoms with Crippen molar-refractivity contribution in [1.82, 2.24) is 4.90 Å². The standard InChI is InChI=1S/C22H28N2O3/c1-4-26-21-10-5-17(15-16(21)2)22(25)23-18-6-8-19(9-7-18)27-20-11-13-24(3)14-12-20/h5-10,15,20H,4,11-14H2,1-3H3,(H,23,25). The first-order chi connectivity index (χ1) is 13.0. The van der Waals surface area contributed by atoms with Crippen molar-refractivity contribution in [3.8, 4) is 11.5 Å². The molecule has 3 rings (SSSR count). The molecular formula is C22H28N2O3. The zero-order chi connectivity index (χ0) is 19.2. The summed E-state index contributed by atoms with van der Waals surface area (Å²) in [5.41, 5.74) is 2.32. The SMILES string of the molecule is CCOc1ccc(C(=O)Nc2ccc(OC3CCN(C)CC3)cc2)cc1C. The van der Waals surface area contributed by atoms with Gasteiger partial charge in [0, 0.05) is 24.3 Å². The largest absolute Gasteiger partial charge is 0.494 e. The number of carbonyl (C=O) groups is 1. The first kappa shape index (κ1) is 19.2. The van der Waals surface area contributed by atoms with Gasteiger partial charge in [0.2, 0.25) is 0 Å². The van der Waals surface area contributed by atoms with Crippen LogP contribution in [-0.4, -0.2) is 43.7 Å². The van der Waals surface area contributed by atoms with Crippen molar-refractivity contribution in [2.24, 2.45) is 0 Å². The molecule has 0 aromatic heterocycles. The first-order valence-electron chi connectivity index (χ1n) is 9.55. The Bertz CT molecular complexity index is 766. The fourth-order valence-corrected chi connectivity index (χ4v) is 3.22. The van der Waals surface area contributed by atoms with Gasteiger partial charge in [-0.15, -0.1) is 0 Å². The highest BCUT2D eigenvalue weighted by Crippen LogP contribution is 2.22. The highest BCUT2D eigenvalue weighted by Gasteiger charge is 2.18. The van der Waals surface area contributed by atoms with Crippen molar-refractivity contribution >= 4 is 11.6 Å². The molecule has 144 valence electrons. The smallest absolute Gasteiger partial charge is 0.255 e. The summed E-state index contributed by atoms with van der Waals surface area (Å²) < 4.78 is 11.6. The Morgan fingerprint density at radius 2 is 1.85 bits per heavy atom. The van der Waals surface area contributed by atoms with Crippen molar-refractivity contribution in [2.75, 3.05) is 32.1 Å². The third kappa shape index (κ3) is 5.23. The highest BCUT2D eigenvalue weighted by atomic mass is 16.5. The summed E-state index contributed by atoms with van der Waals surface area (Å²) in [6.45, 7) is 6.63. The Labute approximate surface area is 161 Å². The zero-order valence-electron chi connectivity index (χ0n) is 16.3. The van der Waals surface area contributed by atoms with Gasteiger partial charge in [-0.2, -0.15) is 0 Å². The summed E-state index contributed by atoms with van der Waals surface area (Å²) in [5, 5.41) is 2.93. The van der Waals surface area contributed by atoms with Crippen LogP contribution in [0.2, 0.25) is 0 Å². The van der Waals surface area contributed by atoms with Crippen molar-refractivity contribution in [1.29, 1.82) is 0 Å². The number of piperidine rings is 1. The van der Waals surface area contributed by atoms with E-state index in [1.807, 2.05) is 50.2 Å². The second-order valence-electron chi connectivity index (χ2n) is 7.01. The monoisotopic (exact) mass is 368 g/mol. The number of hydrogen-bond acceptors (Lipinski definition) is 4. The third-order valence-corrected chi connectivity index (χ3v) is 4.82. The molecule has 2 aromatic rings. The molecule has 5 nitrogen and oxygen atoms in total. The Balaban J connectivity index is 1.57. The zero-order valence-corrected chi connectivity index (χ0v) is 16.3. The number of aryl methyl sites for hydroxylation is 1. The van der Waals surface area contributed by atoms with E-state index in [1.165, 1.54) is 0 Å². The number of anilines is 1. The average molecular weight is 368 g/mol. The predicted octanol–water partition coefficient (Wildman–Crippen LogP) is 4.12. The van der Waals surface area contributed by atoms with Crippen LogP contribution in [-0.2, 0) is 0 Å². The van der Waals surface area contributed by atoms with Crippen LogP contribution in [0.5, 0.6) is 11.5 Å². The van der Waals surface area contributed by atoms with E-state index in [4.69, 9.17) is 9.47 Å². The number of rotatable bonds is 6. The van der Waals surface area contributed by atoms with E-state index in [1.54, 1.807) is 6.07 Å². The summed E-state index contributed by atoms with van der Waals surface area (Å²) in [6.07, 6.45) is 2.37. The van der Waals surface area contributed by atoms with Gasteiger partial charge in [-0.05, 0) is 81.8 Å². The Morgan fingerprint density at radius 1 is 1.15 bits per heavy atom. The second kappa shape index (κ2) is 8.91. The van der Waals surface area contributed by atoms with E-state index >= 15 is 0 Å². The van der Waals surface area contributed by atoms with E-state index in [2.05, 4.69) is 17.3 Å². The van der Waals surface area contributed by atoms with Gasteiger partial charge in [0.15, 0.2) is 0 Å². The lowest BCUT2D eigenvalue weighted by Crippen LogP contribution is -2.35. The van der Waals surface area contributed by atoms with Gasteiger partial charge >= 0.3 is 0 Å². The number of carbonyl (C=O) groups excluding carboxylic acids is 1. The van der Waals surface area contributed by atoms with E-state index in [-0.39, 0.29) is 12.0 Å². The van der Waals surface area contributed by atoms with Crippen LogP contribution < -0.4 is 14.8 Å². The number of likely N-dealkylation sites (tertiary alicyclic amines) is 1. The Kier molecular flexibility index (Phi) is 6.35. The van der Waals surface area contributed by atoms with E-state index in [9.17, 15) is 4.79 Å². The summed E-state index contributed by atoms with van der Waals surface area (Å²) in [4.78, 5) is 14.8. The molecule has 1 fully saturated rings. The lowest BCUT2D eigenvalue weighted by atomic mass is 10.1. The first-order valence-corrected chi connectivity index (χ1v) is 9.55. The molecule has 0 atom stereocenters. The number of nitrogens with zero attached hydrogens (tertiary/aromatic N) is 1. The molecule has 0 bridgehead atoms. The maximum absolute atomic E-state index is 12.5. The van der Waals surface area contributed by atoms with E-state index in [0.717, 1.165) is 48.7 Å². The number of hydrogen-bond donors (Lipinski definition) is 1. The Morgan fingerprint density at radius 3 is 2.48 bits per heavy atom. The molecule has 1 heterocycles. The highest BCUT2D eigenvalue weighted by molar-refractivity contribution is 6.04. The van der Waals surface area contributed by atoms with Crippen molar-refractivity contribution in [3.63, 3.8) is 0 Å².